The Labute approximate surface area is 135 Å². The first kappa shape index (κ1) is 15.7. The molecule has 2 aromatic heterocycles. The average molecular weight is 317 g/mol. The molecule has 124 valence electrons. The maximum absolute atomic E-state index is 12.3. The van der Waals surface area contributed by atoms with E-state index in [-0.39, 0.29) is 11.8 Å². The highest BCUT2D eigenvalue weighted by Gasteiger charge is 2.24. The number of aryl methyl sites for hydroxylation is 1. The second kappa shape index (κ2) is 6.93. The first-order chi connectivity index (χ1) is 11.1. The minimum Gasteiger partial charge on any atom is -0.348 e. The fourth-order valence-corrected chi connectivity index (χ4v) is 2.91. The number of aromatic nitrogens is 4. The van der Waals surface area contributed by atoms with Crippen molar-refractivity contribution in [1.82, 2.24) is 25.0 Å². The molecule has 0 radical (unpaired) electrons. The van der Waals surface area contributed by atoms with Crippen molar-refractivity contribution in [1.29, 1.82) is 0 Å². The number of aromatic amines is 1. The van der Waals surface area contributed by atoms with Gasteiger partial charge in [-0.2, -0.15) is 4.98 Å². The van der Waals surface area contributed by atoms with Crippen LogP contribution in [0.2, 0.25) is 0 Å². The normalized spacial score (nSPS) is 16.2. The van der Waals surface area contributed by atoms with Gasteiger partial charge in [-0.3, -0.25) is 4.79 Å². The van der Waals surface area contributed by atoms with Crippen molar-refractivity contribution in [2.75, 3.05) is 13.1 Å². The molecule has 0 spiro atoms. The van der Waals surface area contributed by atoms with E-state index in [1.54, 1.807) is 6.33 Å². The van der Waals surface area contributed by atoms with Gasteiger partial charge in [0.1, 0.15) is 0 Å². The van der Waals surface area contributed by atoms with E-state index in [4.69, 9.17) is 4.52 Å². The summed E-state index contributed by atoms with van der Waals surface area (Å²) in [6.45, 7) is 5.63. The molecule has 0 bridgehead atoms. The maximum atomic E-state index is 12.3. The largest absolute Gasteiger partial charge is 0.348 e. The van der Waals surface area contributed by atoms with Gasteiger partial charge in [0.25, 0.3) is 0 Å². The lowest BCUT2D eigenvalue weighted by Gasteiger charge is -2.31. The Morgan fingerprint density at radius 1 is 1.43 bits per heavy atom. The summed E-state index contributed by atoms with van der Waals surface area (Å²) < 4.78 is 5.19. The van der Waals surface area contributed by atoms with Gasteiger partial charge < -0.3 is 14.4 Å². The van der Waals surface area contributed by atoms with E-state index >= 15 is 0 Å². The van der Waals surface area contributed by atoms with Gasteiger partial charge in [0.05, 0.1) is 6.33 Å². The Bertz CT molecular complexity index is 627. The molecule has 7 nitrogen and oxygen atoms in total. The molecule has 1 aliphatic heterocycles. The highest BCUT2D eigenvalue weighted by Crippen LogP contribution is 2.26. The van der Waals surface area contributed by atoms with Crippen LogP contribution in [-0.4, -0.2) is 44.0 Å². The van der Waals surface area contributed by atoms with Crippen LogP contribution in [0.4, 0.5) is 0 Å². The first-order valence-corrected chi connectivity index (χ1v) is 8.22. The number of nitrogens with zero attached hydrogens (tertiary/aromatic N) is 4. The van der Waals surface area contributed by atoms with E-state index in [1.165, 1.54) is 5.69 Å². The molecule has 0 saturated carbocycles. The number of carbonyl (C=O) groups is 1. The Kier molecular flexibility index (Phi) is 4.73. The van der Waals surface area contributed by atoms with Crippen molar-refractivity contribution in [2.45, 2.75) is 51.4 Å². The number of hydrogen-bond donors (Lipinski definition) is 1. The molecular weight excluding hydrogens is 294 g/mol. The minimum absolute atomic E-state index is 0.164. The molecule has 3 rings (SSSR count). The van der Waals surface area contributed by atoms with E-state index in [0.717, 1.165) is 25.9 Å². The summed E-state index contributed by atoms with van der Waals surface area (Å²) in [5.41, 5.74) is 1.17. The third-order valence-corrected chi connectivity index (χ3v) is 4.36. The Morgan fingerprint density at radius 2 is 2.22 bits per heavy atom. The van der Waals surface area contributed by atoms with Crippen molar-refractivity contribution in [2.24, 2.45) is 0 Å². The number of rotatable bonds is 5. The van der Waals surface area contributed by atoms with E-state index < -0.39 is 0 Å². The number of piperidine rings is 1. The van der Waals surface area contributed by atoms with Crippen LogP contribution in [0.15, 0.2) is 17.0 Å². The topological polar surface area (TPSA) is 87.9 Å². The summed E-state index contributed by atoms with van der Waals surface area (Å²) in [4.78, 5) is 25.8. The molecule has 0 unspecified atom stereocenters. The second-order valence-corrected chi connectivity index (χ2v) is 6.36. The van der Waals surface area contributed by atoms with Crippen molar-refractivity contribution in [3.63, 3.8) is 0 Å². The molecule has 3 heterocycles. The standard InChI is InChI=1S/C16H23N5O2/c1-11(2)16-19-14(23-20-16)3-4-15(22)21-7-5-12(6-8-21)13-9-17-10-18-13/h9-12H,3-8H2,1-2H3,(H,17,18). The third kappa shape index (κ3) is 3.78. The van der Waals surface area contributed by atoms with Crippen LogP contribution in [0.5, 0.6) is 0 Å². The number of nitrogens with one attached hydrogen (secondary N) is 1. The molecule has 1 aliphatic rings. The van der Waals surface area contributed by atoms with Gasteiger partial charge in [-0.1, -0.05) is 19.0 Å². The van der Waals surface area contributed by atoms with E-state index in [1.807, 2.05) is 24.9 Å². The lowest BCUT2D eigenvalue weighted by atomic mass is 9.94. The van der Waals surface area contributed by atoms with Gasteiger partial charge in [0, 0.05) is 49.7 Å². The fraction of sp³-hybridized carbons (Fsp3) is 0.625. The van der Waals surface area contributed by atoms with Crippen LogP contribution >= 0.6 is 0 Å². The summed E-state index contributed by atoms with van der Waals surface area (Å²) in [5.74, 6) is 2.13. The number of carbonyl (C=O) groups excluding carboxylic acids is 1. The van der Waals surface area contributed by atoms with Gasteiger partial charge in [0.2, 0.25) is 11.8 Å². The maximum Gasteiger partial charge on any atom is 0.227 e. The quantitative estimate of drug-likeness (QED) is 0.914. The summed E-state index contributed by atoms with van der Waals surface area (Å²) in [7, 11) is 0. The second-order valence-electron chi connectivity index (χ2n) is 6.36. The zero-order valence-corrected chi connectivity index (χ0v) is 13.7. The van der Waals surface area contributed by atoms with Crippen LogP contribution in [0.1, 0.15) is 62.4 Å². The van der Waals surface area contributed by atoms with Crippen LogP contribution < -0.4 is 0 Å². The lowest BCUT2D eigenvalue weighted by Crippen LogP contribution is -2.38. The van der Waals surface area contributed by atoms with Gasteiger partial charge >= 0.3 is 0 Å². The summed E-state index contributed by atoms with van der Waals surface area (Å²) in [6, 6.07) is 0. The highest BCUT2D eigenvalue weighted by atomic mass is 16.5. The zero-order chi connectivity index (χ0) is 16.2. The third-order valence-electron chi connectivity index (χ3n) is 4.36. The van der Waals surface area contributed by atoms with Crippen molar-refractivity contribution in [3.05, 3.63) is 29.9 Å². The van der Waals surface area contributed by atoms with Crippen LogP contribution in [0, 0.1) is 0 Å². The average Bonchev–Trinajstić information content (AvgIpc) is 3.24. The van der Waals surface area contributed by atoms with Gasteiger partial charge in [-0.15, -0.1) is 0 Å². The Hall–Kier alpha value is -2.18. The molecule has 0 aliphatic carbocycles. The molecule has 2 aromatic rings. The monoisotopic (exact) mass is 317 g/mol. The van der Waals surface area contributed by atoms with Crippen LogP contribution in [0.25, 0.3) is 0 Å². The molecule has 1 fully saturated rings. The van der Waals surface area contributed by atoms with Crippen molar-refractivity contribution < 1.29 is 9.32 Å². The Balaban J connectivity index is 1.46. The van der Waals surface area contributed by atoms with E-state index in [0.29, 0.717) is 30.5 Å². The van der Waals surface area contributed by atoms with E-state index in [2.05, 4.69) is 20.1 Å². The summed E-state index contributed by atoms with van der Waals surface area (Å²) >= 11 is 0. The van der Waals surface area contributed by atoms with Crippen LogP contribution in [0.3, 0.4) is 0 Å². The lowest BCUT2D eigenvalue weighted by molar-refractivity contribution is -0.132. The smallest absolute Gasteiger partial charge is 0.227 e. The predicted molar refractivity (Wildman–Crippen MR) is 83.9 cm³/mol. The number of likely N-dealkylation sites (tertiary alicyclic amines) is 1. The minimum atomic E-state index is 0.164. The van der Waals surface area contributed by atoms with E-state index in [9.17, 15) is 4.79 Å². The summed E-state index contributed by atoms with van der Waals surface area (Å²) in [5, 5.41) is 3.92. The molecular formula is C16H23N5O2. The number of H-pyrrole nitrogens is 1. The first-order valence-electron chi connectivity index (χ1n) is 8.22. The summed E-state index contributed by atoms with van der Waals surface area (Å²) in [6.07, 6.45) is 6.48. The highest BCUT2D eigenvalue weighted by molar-refractivity contribution is 5.76. The molecule has 1 amide bonds. The molecule has 1 N–H and O–H groups in total. The molecule has 0 aromatic carbocycles. The number of amides is 1. The molecule has 0 atom stereocenters. The molecule has 23 heavy (non-hydrogen) atoms. The number of hydrogen-bond acceptors (Lipinski definition) is 5. The molecule has 1 saturated heterocycles. The van der Waals surface area contributed by atoms with Gasteiger partial charge in [-0.25, -0.2) is 4.98 Å². The van der Waals surface area contributed by atoms with Gasteiger partial charge in [-0.05, 0) is 12.8 Å². The van der Waals surface area contributed by atoms with Crippen molar-refractivity contribution in [3.8, 4) is 0 Å². The molecule has 7 heteroatoms. The Morgan fingerprint density at radius 3 is 2.83 bits per heavy atom. The van der Waals surface area contributed by atoms with Gasteiger partial charge in [0.15, 0.2) is 5.82 Å². The zero-order valence-electron chi connectivity index (χ0n) is 13.7. The van der Waals surface area contributed by atoms with Crippen LogP contribution in [-0.2, 0) is 11.2 Å². The van der Waals surface area contributed by atoms with Crippen molar-refractivity contribution >= 4 is 5.91 Å². The number of imidazole rings is 1. The fourth-order valence-electron chi connectivity index (χ4n) is 2.91. The predicted octanol–water partition coefficient (Wildman–Crippen LogP) is 2.25. The SMILES string of the molecule is CC(C)c1noc(CCC(=O)N2CCC(c3cnc[nH]3)CC2)n1.